The van der Waals surface area contributed by atoms with Gasteiger partial charge in [0.05, 0.1) is 23.4 Å². The average molecular weight is 612 g/mol. The molecule has 0 saturated carbocycles. The van der Waals surface area contributed by atoms with Crippen LogP contribution in [0, 0.1) is 5.41 Å². The van der Waals surface area contributed by atoms with E-state index < -0.39 is 28.0 Å². The van der Waals surface area contributed by atoms with Crippen molar-refractivity contribution in [3.63, 3.8) is 0 Å². The van der Waals surface area contributed by atoms with Crippen molar-refractivity contribution in [2.45, 2.75) is 88.7 Å². The van der Waals surface area contributed by atoms with Gasteiger partial charge in [0, 0.05) is 43.6 Å². The summed E-state index contributed by atoms with van der Waals surface area (Å²) in [6.45, 7) is 5.68. The van der Waals surface area contributed by atoms with Gasteiger partial charge in [-0.1, -0.05) is 51.7 Å². The van der Waals surface area contributed by atoms with E-state index in [4.69, 9.17) is 4.74 Å². The molecule has 0 saturated heterocycles. The summed E-state index contributed by atoms with van der Waals surface area (Å²) in [5, 5.41) is 22.0. The van der Waals surface area contributed by atoms with Crippen molar-refractivity contribution in [1.29, 1.82) is 0 Å². The predicted molar refractivity (Wildman–Crippen MR) is 176 cm³/mol. The fraction of sp³-hybridized carbons (Fsp3) is 0.514. The lowest BCUT2D eigenvalue weighted by atomic mass is 9.68. The Morgan fingerprint density at radius 3 is 2.28 bits per heavy atom. The van der Waals surface area contributed by atoms with Gasteiger partial charge in [-0.3, -0.25) is 9.11 Å². The molecule has 4 rings (SSSR count). The van der Waals surface area contributed by atoms with Crippen molar-refractivity contribution in [2.24, 2.45) is 5.41 Å². The second kappa shape index (κ2) is 14.8. The SMILES string of the molecule is CCCCC1(CCCC)CS(O)(O)c2ccc(N(C)C)cc2C(c2ccc(OCCCC[n+]3cccc(O)c3)cc2)C1O. The molecule has 0 aliphatic carbocycles. The number of anilines is 1. The molecule has 0 bridgehead atoms. The van der Waals surface area contributed by atoms with Crippen molar-refractivity contribution in [1.82, 2.24) is 0 Å². The zero-order valence-corrected chi connectivity index (χ0v) is 27.1. The fourth-order valence-electron chi connectivity index (χ4n) is 6.43. The van der Waals surface area contributed by atoms with E-state index in [0.29, 0.717) is 11.5 Å². The van der Waals surface area contributed by atoms with Crippen LogP contribution < -0.4 is 14.2 Å². The first-order valence-corrected chi connectivity index (χ1v) is 17.5. The van der Waals surface area contributed by atoms with E-state index in [-0.39, 0.29) is 11.5 Å². The number of aliphatic hydroxyl groups excluding tert-OH is 1. The van der Waals surface area contributed by atoms with E-state index in [9.17, 15) is 19.3 Å². The third-order valence-corrected chi connectivity index (χ3v) is 10.9. The summed E-state index contributed by atoms with van der Waals surface area (Å²) in [6.07, 6.45) is 10.0. The van der Waals surface area contributed by atoms with Crippen LogP contribution in [0.15, 0.2) is 71.9 Å². The molecule has 8 heteroatoms. The summed E-state index contributed by atoms with van der Waals surface area (Å²) in [7, 11) is 0.821. The van der Waals surface area contributed by atoms with Gasteiger partial charge in [0.2, 0.25) is 6.20 Å². The molecular weight excluding hydrogens is 560 g/mol. The number of aromatic nitrogens is 1. The molecule has 0 fully saturated rings. The maximum absolute atomic E-state index is 12.4. The van der Waals surface area contributed by atoms with E-state index in [1.807, 2.05) is 78.3 Å². The monoisotopic (exact) mass is 611 g/mol. The first-order valence-electron chi connectivity index (χ1n) is 15.8. The van der Waals surface area contributed by atoms with Gasteiger partial charge in [-0.05, 0) is 66.8 Å². The number of aromatic hydroxyl groups is 1. The summed E-state index contributed by atoms with van der Waals surface area (Å²) in [5.41, 5.74) is 2.11. The molecule has 1 aliphatic heterocycles. The van der Waals surface area contributed by atoms with Gasteiger partial charge in [0.1, 0.15) is 12.3 Å². The molecule has 3 aromatic rings. The summed E-state index contributed by atoms with van der Waals surface area (Å²) >= 11 is 0. The Kier molecular flexibility index (Phi) is 11.4. The number of hydrogen-bond acceptors (Lipinski definition) is 6. The number of benzene rings is 2. The first kappa shape index (κ1) is 33.1. The van der Waals surface area contributed by atoms with Gasteiger partial charge in [-0.2, -0.15) is 10.6 Å². The zero-order chi connectivity index (χ0) is 31.0. The molecule has 1 aromatic heterocycles. The van der Waals surface area contributed by atoms with Crippen LogP contribution in [-0.2, 0) is 6.54 Å². The maximum atomic E-state index is 12.4. The number of pyridine rings is 1. The highest BCUT2D eigenvalue weighted by molar-refractivity contribution is 8.24. The first-order chi connectivity index (χ1) is 20.6. The minimum atomic E-state index is -3.13. The van der Waals surface area contributed by atoms with Crippen LogP contribution in [0.25, 0.3) is 0 Å². The Hall–Kier alpha value is -2.78. The van der Waals surface area contributed by atoms with Gasteiger partial charge < -0.3 is 19.8 Å². The summed E-state index contributed by atoms with van der Waals surface area (Å²) in [5.74, 6) is 0.821. The number of fused-ring (bicyclic) bond motifs is 1. The van der Waals surface area contributed by atoms with Crippen LogP contribution in [0.2, 0.25) is 0 Å². The normalized spacial score (nSPS) is 19.7. The molecule has 43 heavy (non-hydrogen) atoms. The third kappa shape index (κ3) is 8.04. The van der Waals surface area contributed by atoms with Gasteiger partial charge in [-0.25, -0.2) is 4.57 Å². The van der Waals surface area contributed by atoms with E-state index in [0.717, 1.165) is 80.5 Å². The third-order valence-electron chi connectivity index (χ3n) is 8.85. The lowest BCUT2D eigenvalue weighted by Gasteiger charge is -2.44. The lowest BCUT2D eigenvalue weighted by molar-refractivity contribution is -0.697. The number of ether oxygens (including phenoxy) is 1. The quantitative estimate of drug-likeness (QED) is 0.111. The molecule has 2 aromatic carbocycles. The van der Waals surface area contributed by atoms with E-state index in [2.05, 4.69) is 13.8 Å². The van der Waals surface area contributed by atoms with Crippen LogP contribution in [0.5, 0.6) is 11.5 Å². The number of aliphatic hydroxyl groups is 1. The van der Waals surface area contributed by atoms with E-state index in [1.165, 1.54) is 0 Å². The molecule has 1 aliphatic rings. The topological polar surface area (TPSA) is 97.3 Å². The molecule has 0 amide bonds. The van der Waals surface area contributed by atoms with Gasteiger partial charge in [-0.15, -0.1) is 0 Å². The average Bonchev–Trinajstić information content (AvgIpc) is 3.05. The Labute approximate surface area is 259 Å². The van der Waals surface area contributed by atoms with Crippen LogP contribution in [-0.4, -0.2) is 51.9 Å². The molecule has 0 spiro atoms. The lowest BCUT2D eigenvalue weighted by Crippen LogP contribution is -2.42. The second-order valence-electron chi connectivity index (χ2n) is 12.3. The van der Waals surface area contributed by atoms with Gasteiger partial charge >= 0.3 is 0 Å². The van der Waals surface area contributed by atoms with Crippen LogP contribution in [0.4, 0.5) is 5.69 Å². The van der Waals surface area contributed by atoms with Crippen molar-refractivity contribution in [2.75, 3.05) is 31.4 Å². The van der Waals surface area contributed by atoms with E-state index >= 15 is 0 Å². The largest absolute Gasteiger partial charge is 0.503 e. The van der Waals surface area contributed by atoms with E-state index in [1.54, 1.807) is 12.3 Å². The van der Waals surface area contributed by atoms with Gasteiger partial charge in [0.15, 0.2) is 11.9 Å². The number of unbranched alkanes of at least 4 members (excludes halogenated alkanes) is 3. The number of nitrogens with zero attached hydrogens (tertiary/aromatic N) is 2. The molecule has 2 atom stereocenters. The number of hydrogen-bond donors (Lipinski definition) is 4. The molecule has 2 unspecified atom stereocenters. The smallest absolute Gasteiger partial charge is 0.210 e. The van der Waals surface area contributed by atoms with Crippen molar-refractivity contribution >= 4 is 16.3 Å². The molecule has 0 radical (unpaired) electrons. The molecule has 4 N–H and O–H groups in total. The standard InChI is InChI=1S/C35H50N2O5S/c1-5-7-19-35(20-8-6-2)26-43(40,41)32-18-15-28(36(3)4)24-31(32)33(34(35)39)27-13-16-30(17-14-27)42-23-10-9-21-37-22-11-12-29(38)25-37/h11-18,22,24-25,33-34,39H,5-10,19-21,23,26H2,1-4H3,(H2-,38,40,41)/p+1. The fourth-order valence-corrected chi connectivity index (χ4v) is 8.70. The van der Waals surface area contributed by atoms with Gasteiger partial charge in [0.25, 0.3) is 0 Å². The van der Waals surface area contributed by atoms with Crippen LogP contribution >= 0.6 is 10.6 Å². The summed E-state index contributed by atoms with van der Waals surface area (Å²) in [6, 6.07) is 17.3. The number of aryl methyl sites for hydroxylation is 1. The zero-order valence-electron chi connectivity index (χ0n) is 26.3. The predicted octanol–water partition coefficient (Wildman–Crippen LogP) is 7.59. The number of rotatable bonds is 14. The Bertz CT molecular complexity index is 1310. The highest BCUT2D eigenvalue weighted by atomic mass is 32.3. The molecular formula is C35H51N2O5S+. The summed E-state index contributed by atoms with van der Waals surface area (Å²) in [4.78, 5) is 2.57. The van der Waals surface area contributed by atoms with Crippen molar-refractivity contribution in [3.8, 4) is 11.5 Å². The Morgan fingerprint density at radius 1 is 0.953 bits per heavy atom. The van der Waals surface area contributed by atoms with Crippen molar-refractivity contribution in [3.05, 3.63) is 78.1 Å². The minimum Gasteiger partial charge on any atom is -0.503 e. The van der Waals surface area contributed by atoms with Crippen molar-refractivity contribution < 1.29 is 28.6 Å². The Balaban J connectivity index is 1.61. The second-order valence-corrected chi connectivity index (χ2v) is 14.4. The van der Waals surface area contributed by atoms with Crippen LogP contribution in [0.3, 0.4) is 0 Å². The molecule has 2 heterocycles. The highest BCUT2D eigenvalue weighted by Crippen LogP contribution is 2.62. The Morgan fingerprint density at radius 2 is 1.65 bits per heavy atom. The van der Waals surface area contributed by atoms with Crippen LogP contribution in [0.1, 0.15) is 82.3 Å². The highest BCUT2D eigenvalue weighted by Gasteiger charge is 2.49. The summed E-state index contributed by atoms with van der Waals surface area (Å²) < 4.78 is 31.4. The molecule has 236 valence electrons. The molecule has 7 nitrogen and oxygen atoms in total. The minimum absolute atomic E-state index is 0.189. The maximum Gasteiger partial charge on any atom is 0.210 e.